The first-order valence-corrected chi connectivity index (χ1v) is 17.3. The molecule has 0 saturated carbocycles. The fourth-order valence-electron chi connectivity index (χ4n) is 5.96. The van der Waals surface area contributed by atoms with Crippen LogP contribution in [0.3, 0.4) is 0 Å². The molecule has 0 bridgehead atoms. The van der Waals surface area contributed by atoms with Crippen LogP contribution >= 0.6 is 0 Å². The minimum atomic E-state index is -5.03. The molecule has 0 aromatic carbocycles. The Morgan fingerprint density at radius 2 is 1.27 bits per heavy atom. The van der Waals surface area contributed by atoms with E-state index < -0.39 is 138 Å². The molecule has 3 saturated heterocycles. The van der Waals surface area contributed by atoms with Gasteiger partial charge in [0.1, 0.15) is 36.5 Å². The molecule has 3 heterocycles. The van der Waals surface area contributed by atoms with Gasteiger partial charge in [-0.25, -0.2) is 8.37 Å². The summed E-state index contributed by atoms with van der Waals surface area (Å²) in [4.78, 5) is 37.5. The summed E-state index contributed by atoms with van der Waals surface area (Å²) < 4.78 is 93.6. The highest BCUT2D eigenvalue weighted by molar-refractivity contribution is 7.81. The molecule has 3 rings (SSSR count). The summed E-state index contributed by atoms with van der Waals surface area (Å²) >= 11 is 0. The highest BCUT2D eigenvalue weighted by atomic mass is 32.3. The van der Waals surface area contributed by atoms with Crippen molar-refractivity contribution < 1.29 is 93.2 Å². The third-order valence-corrected chi connectivity index (χ3v) is 8.94. The molecule has 25 nitrogen and oxygen atoms in total. The number of carboxylic acid groups (broad SMARTS) is 1. The second-order valence-electron chi connectivity index (χ2n) is 11.7. The monoisotopic (exact) mass is 789 g/mol. The number of rotatable bonds is 14. The lowest BCUT2D eigenvalue weighted by molar-refractivity contribution is -0.297. The molecule has 0 unspecified atom stereocenters. The number of ether oxygens (including phenoxy) is 4. The molecule has 13 atom stereocenters. The first-order valence-electron chi connectivity index (χ1n) is 14.6. The number of aliphatic hydroxyl groups excluding tert-OH is 4. The number of hydrogen-bond acceptors (Lipinski definition) is 20. The summed E-state index contributed by atoms with van der Waals surface area (Å²) in [5, 5.41) is 58.4. The van der Waals surface area contributed by atoms with Crippen molar-refractivity contribution in [1.82, 2.24) is 27.8 Å². The number of piperidine rings is 1. The van der Waals surface area contributed by atoms with E-state index in [9.17, 15) is 56.8 Å². The largest absolute Gasteiger partial charge is 0.481 e. The fourth-order valence-corrected chi connectivity index (χ4v) is 6.57. The second kappa shape index (κ2) is 19.2. The van der Waals surface area contributed by atoms with Crippen LogP contribution in [-0.2, 0) is 62.5 Å². The van der Waals surface area contributed by atoms with Gasteiger partial charge in [-0.15, -0.1) is 0 Å². The summed E-state index contributed by atoms with van der Waals surface area (Å²) in [6, 6.07) is -2.78. The van der Waals surface area contributed by atoms with E-state index in [1.54, 1.807) is 0 Å². The van der Waals surface area contributed by atoms with Crippen LogP contribution in [0.25, 0.3) is 0 Å². The van der Waals surface area contributed by atoms with Crippen molar-refractivity contribution in [3.63, 3.8) is 0 Å². The minimum Gasteiger partial charge on any atom is -0.481 e. The van der Waals surface area contributed by atoms with Crippen molar-refractivity contribution >= 4 is 38.6 Å². The van der Waals surface area contributed by atoms with Gasteiger partial charge in [-0.3, -0.25) is 28.4 Å². The van der Waals surface area contributed by atoms with Crippen LogP contribution in [0.2, 0.25) is 0 Å². The van der Waals surface area contributed by atoms with Crippen molar-refractivity contribution in [2.45, 2.75) is 81.2 Å². The molecule has 27 heteroatoms. The number of aliphatic carboxylic acids is 1. The molecule has 15 N–H and O–H groups in total. The van der Waals surface area contributed by atoms with E-state index >= 15 is 0 Å². The third-order valence-electron chi connectivity index (χ3n) is 8.08. The number of carbonyl (C=O) groups is 3. The lowest BCUT2D eigenvalue weighted by atomic mass is 9.85. The molecule has 0 radical (unpaired) electrons. The maximum Gasteiger partial charge on any atom is 0.397 e. The lowest BCUT2D eigenvalue weighted by Crippen LogP contribution is -2.67. The predicted octanol–water partition coefficient (Wildman–Crippen LogP) is -5.48. The zero-order valence-corrected chi connectivity index (χ0v) is 29.3. The summed E-state index contributed by atoms with van der Waals surface area (Å²) in [6.07, 6.45) is -14.8. The van der Waals surface area contributed by atoms with Crippen molar-refractivity contribution in [2.24, 2.45) is 11.8 Å². The lowest BCUT2D eigenvalue weighted by Gasteiger charge is -2.48. The van der Waals surface area contributed by atoms with E-state index in [-0.39, 0.29) is 25.4 Å². The van der Waals surface area contributed by atoms with Gasteiger partial charge in [-0.1, -0.05) is 0 Å². The Hall–Kier alpha value is -2.29. The number of methoxy groups -OCH3 is 1. The van der Waals surface area contributed by atoms with Gasteiger partial charge in [-0.2, -0.15) is 16.8 Å². The number of carboxylic acids is 1. The summed E-state index contributed by atoms with van der Waals surface area (Å²) in [6.45, 7) is -0.781. The number of nitrogens with zero attached hydrogens (tertiary/aromatic N) is 1. The van der Waals surface area contributed by atoms with Gasteiger partial charge in [0.2, 0.25) is 11.8 Å². The van der Waals surface area contributed by atoms with Crippen LogP contribution in [-0.4, -0.2) is 182 Å². The molecule has 0 spiro atoms. The van der Waals surface area contributed by atoms with E-state index in [0.29, 0.717) is 0 Å². The van der Waals surface area contributed by atoms with E-state index in [0.717, 1.165) is 13.8 Å². The van der Waals surface area contributed by atoms with Gasteiger partial charge in [0.15, 0.2) is 12.6 Å². The average molecular weight is 790 g/mol. The summed E-state index contributed by atoms with van der Waals surface area (Å²) in [5.74, 6) is -5.62. The molecule has 2 amide bonds. The highest BCUT2D eigenvalue weighted by Crippen LogP contribution is 2.32. The normalized spacial score (nSPS) is 36.2. The number of carbonyl (C=O) groups excluding carboxylic acids is 2. The molecule has 51 heavy (non-hydrogen) atoms. The standard InChI is InChI=1S/C24H41N3O20S2.2H3N/c1-9(28)25-16-18(31)11(14(45-23(16)42-3)7-43-48(36,37)38)4-27-5-12(22(34)35)21(13(30)6-27)47-24-17(26-10(2)29)20(33)19(32)15(46-24)8-44-49(39,40)41;;/h11-21,23-24,30-33H,4-8H2,1-3H3,(H,25,28)(H,26,29)(H,34,35)(H,36,37,38)(H,39,40,41);2*1H3/t11-,12+,13-,14-,15-,16-,17-,18+,19-,20-,21-,23+,24-;;/m1../s1. The van der Waals surface area contributed by atoms with E-state index in [1.807, 2.05) is 0 Å². The first-order chi connectivity index (χ1) is 22.6. The third kappa shape index (κ3) is 13.0. The number of hydrogen-bond donors (Lipinski definition) is 11. The van der Waals surface area contributed by atoms with Gasteiger partial charge in [-0.05, 0) is 0 Å². The van der Waals surface area contributed by atoms with Crippen LogP contribution in [0, 0.1) is 11.8 Å². The molecule has 0 aliphatic carbocycles. The quantitative estimate of drug-likeness (QED) is 0.0731. The van der Waals surface area contributed by atoms with Crippen LogP contribution in [0.5, 0.6) is 0 Å². The Labute approximate surface area is 292 Å². The Morgan fingerprint density at radius 3 is 1.75 bits per heavy atom. The van der Waals surface area contributed by atoms with Crippen molar-refractivity contribution in [3.05, 3.63) is 0 Å². The van der Waals surface area contributed by atoms with Crippen LogP contribution < -0.4 is 22.9 Å². The van der Waals surface area contributed by atoms with Crippen LogP contribution in [0.15, 0.2) is 0 Å². The van der Waals surface area contributed by atoms with Gasteiger partial charge in [0, 0.05) is 46.5 Å². The number of likely N-dealkylation sites (tertiary alicyclic amines) is 1. The van der Waals surface area contributed by atoms with Gasteiger partial charge in [0.05, 0.1) is 37.4 Å². The predicted molar refractivity (Wildman–Crippen MR) is 165 cm³/mol. The second-order valence-corrected chi connectivity index (χ2v) is 13.8. The van der Waals surface area contributed by atoms with E-state index in [4.69, 9.17) is 28.1 Å². The zero-order valence-electron chi connectivity index (χ0n) is 27.7. The molecule has 3 aliphatic rings. The van der Waals surface area contributed by atoms with Crippen molar-refractivity contribution in [3.8, 4) is 0 Å². The number of nitrogens with one attached hydrogen (secondary N) is 2. The van der Waals surface area contributed by atoms with Gasteiger partial charge in [0.25, 0.3) is 0 Å². The molecular formula is C24H47N5O20S2. The summed E-state index contributed by atoms with van der Waals surface area (Å²) in [7, 11) is -8.83. The molecule has 300 valence electrons. The molecule has 3 fully saturated rings. The van der Waals surface area contributed by atoms with Crippen molar-refractivity contribution in [1.29, 1.82) is 0 Å². The Bertz CT molecular complexity index is 1390. The van der Waals surface area contributed by atoms with Crippen LogP contribution in [0.4, 0.5) is 0 Å². The average Bonchev–Trinajstić information content (AvgIpc) is 2.97. The Balaban J connectivity index is 0.00000650. The van der Waals surface area contributed by atoms with E-state index in [1.165, 1.54) is 12.0 Å². The molecule has 3 aliphatic heterocycles. The van der Waals surface area contributed by atoms with E-state index in [2.05, 4.69) is 19.0 Å². The minimum absolute atomic E-state index is 0. The first kappa shape index (κ1) is 46.7. The molecular weight excluding hydrogens is 742 g/mol. The smallest absolute Gasteiger partial charge is 0.397 e. The van der Waals surface area contributed by atoms with Crippen molar-refractivity contribution in [2.75, 3.05) is 40.0 Å². The summed E-state index contributed by atoms with van der Waals surface area (Å²) in [5.41, 5.74) is 0. The maximum absolute atomic E-state index is 12.5. The topological polar surface area (TPSA) is 414 Å². The molecule has 0 aromatic rings. The number of β-amino-alcohol motifs (C(OH)–C–C–N with tert-alkyl or cyclic N) is 1. The SMILES string of the molecule is CO[C@H]1O[C@H](COS(=O)(=O)O)[C@@H](CN2C[C@@H](O)[C@H](O[C@H]3O[C@H](COS(=O)(=O)O)[C@@H](O)[C@H](O)[C@H]3NC(C)=O)[C@@H](C(=O)O)C2)[C@H](O)[C@H]1NC(C)=O.N.N. The zero-order chi connectivity index (χ0) is 37.0. The fraction of sp³-hybridized carbons (Fsp3) is 0.875. The van der Waals surface area contributed by atoms with Gasteiger partial charge < -0.3 is 67.4 Å². The highest BCUT2D eigenvalue weighted by Gasteiger charge is 2.52. The van der Waals surface area contributed by atoms with Gasteiger partial charge >= 0.3 is 26.8 Å². The molecule has 0 aromatic heterocycles. The maximum atomic E-state index is 12.5. The number of amides is 2. The Kier molecular flexibility index (Phi) is 17.6. The van der Waals surface area contributed by atoms with Crippen LogP contribution in [0.1, 0.15) is 13.8 Å². The number of aliphatic hydroxyl groups is 4. The Morgan fingerprint density at radius 1 is 0.784 bits per heavy atom.